The number of hydrogen-bond donors (Lipinski definition) is 3. The second kappa shape index (κ2) is 6.76. The summed E-state index contributed by atoms with van der Waals surface area (Å²) in [5, 5.41) is 12.0. The first-order chi connectivity index (χ1) is 10.5. The first-order valence-corrected chi connectivity index (χ1v) is 6.93. The molecule has 22 heavy (non-hydrogen) atoms. The SMILES string of the molecule is CC(c1ccccc1)[C@H](NC(=O)c1ccc(N)cc1)C(=O)O. The molecule has 0 heterocycles. The lowest BCUT2D eigenvalue weighted by molar-refractivity contribution is -0.139. The number of anilines is 1. The maximum Gasteiger partial charge on any atom is 0.326 e. The fraction of sp³-hybridized carbons (Fsp3) is 0.176. The summed E-state index contributed by atoms with van der Waals surface area (Å²) >= 11 is 0. The van der Waals surface area contributed by atoms with Crippen molar-refractivity contribution in [3.8, 4) is 0 Å². The van der Waals surface area contributed by atoms with E-state index in [1.165, 1.54) is 0 Å². The van der Waals surface area contributed by atoms with Crippen LogP contribution in [0.25, 0.3) is 0 Å². The van der Waals surface area contributed by atoms with Gasteiger partial charge in [0.1, 0.15) is 6.04 Å². The van der Waals surface area contributed by atoms with E-state index in [1.807, 2.05) is 30.3 Å². The summed E-state index contributed by atoms with van der Waals surface area (Å²) in [6.45, 7) is 1.78. The fourth-order valence-electron chi connectivity index (χ4n) is 2.21. The summed E-state index contributed by atoms with van der Waals surface area (Å²) in [4.78, 5) is 23.7. The molecular formula is C17H18N2O3. The Kier molecular flexibility index (Phi) is 4.78. The Balaban J connectivity index is 2.17. The van der Waals surface area contributed by atoms with Crippen molar-refractivity contribution in [1.82, 2.24) is 5.32 Å². The van der Waals surface area contributed by atoms with Crippen LogP contribution in [0.4, 0.5) is 5.69 Å². The molecule has 0 aliphatic rings. The van der Waals surface area contributed by atoms with Crippen LogP contribution in [0.2, 0.25) is 0 Å². The van der Waals surface area contributed by atoms with E-state index in [4.69, 9.17) is 5.73 Å². The first kappa shape index (κ1) is 15.6. The van der Waals surface area contributed by atoms with E-state index in [0.29, 0.717) is 11.3 Å². The number of nitrogens with one attached hydrogen (secondary N) is 1. The Morgan fingerprint density at radius 1 is 1.05 bits per heavy atom. The number of carboxylic acids is 1. The Hall–Kier alpha value is -2.82. The fourth-order valence-corrected chi connectivity index (χ4v) is 2.21. The minimum atomic E-state index is -1.07. The average molecular weight is 298 g/mol. The number of aliphatic carboxylic acids is 1. The molecular weight excluding hydrogens is 280 g/mol. The zero-order valence-electron chi connectivity index (χ0n) is 12.2. The van der Waals surface area contributed by atoms with Crippen LogP contribution in [-0.2, 0) is 4.79 Å². The second-order valence-corrected chi connectivity index (χ2v) is 5.11. The number of carbonyl (C=O) groups excluding carboxylic acids is 1. The summed E-state index contributed by atoms with van der Waals surface area (Å²) < 4.78 is 0. The van der Waals surface area contributed by atoms with Crippen molar-refractivity contribution in [1.29, 1.82) is 0 Å². The van der Waals surface area contributed by atoms with Crippen LogP contribution in [0.15, 0.2) is 54.6 Å². The number of rotatable bonds is 5. The predicted molar refractivity (Wildman–Crippen MR) is 84.6 cm³/mol. The molecule has 0 aliphatic heterocycles. The Morgan fingerprint density at radius 2 is 1.64 bits per heavy atom. The van der Waals surface area contributed by atoms with Gasteiger partial charge in [-0.25, -0.2) is 4.79 Å². The maximum absolute atomic E-state index is 12.2. The number of benzene rings is 2. The highest BCUT2D eigenvalue weighted by Gasteiger charge is 2.27. The Bertz CT molecular complexity index is 653. The van der Waals surface area contributed by atoms with Crippen molar-refractivity contribution in [3.63, 3.8) is 0 Å². The molecule has 0 bridgehead atoms. The third-order valence-corrected chi connectivity index (χ3v) is 3.55. The summed E-state index contributed by atoms with van der Waals surface area (Å²) in [6.07, 6.45) is 0. The van der Waals surface area contributed by atoms with Crippen LogP contribution in [0.5, 0.6) is 0 Å². The summed E-state index contributed by atoms with van der Waals surface area (Å²) in [5.41, 5.74) is 7.35. The number of nitrogens with two attached hydrogens (primary N) is 1. The molecule has 5 nitrogen and oxygen atoms in total. The predicted octanol–water partition coefficient (Wildman–Crippen LogP) is 2.26. The van der Waals surface area contributed by atoms with Crippen LogP contribution in [0.3, 0.4) is 0 Å². The van der Waals surface area contributed by atoms with Gasteiger partial charge in [-0.15, -0.1) is 0 Å². The molecule has 114 valence electrons. The van der Waals surface area contributed by atoms with Gasteiger partial charge >= 0.3 is 5.97 Å². The van der Waals surface area contributed by atoms with E-state index >= 15 is 0 Å². The van der Waals surface area contributed by atoms with Crippen molar-refractivity contribution in [2.45, 2.75) is 18.9 Å². The molecule has 0 saturated heterocycles. The molecule has 0 fully saturated rings. The van der Waals surface area contributed by atoms with Gasteiger partial charge in [0, 0.05) is 17.2 Å². The van der Waals surface area contributed by atoms with Crippen molar-refractivity contribution in [2.24, 2.45) is 0 Å². The lowest BCUT2D eigenvalue weighted by Crippen LogP contribution is -2.44. The minimum absolute atomic E-state index is 0.351. The van der Waals surface area contributed by atoms with Crippen LogP contribution in [0, 0.1) is 0 Å². The van der Waals surface area contributed by atoms with Gasteiger partial charge in [-0.3, -0.25) is 4.79 Å². The quantitative estimate of drug-likeness (QED) is 0.738. The topological polar surface area (TPSA) is 92.4 Å². The van der Waals surface area contributed by atoms with Gasteiger partial charge in [0.25, 0.3) is 5.91 Å². The van der Waals surface area contributed by atoms with Gasteiger partial charge < -0.3 is 16.2 Å². The van der Waals surface area contributed by atoms with E-state index in [1.54, 1.807) is 31.2 Å². The van der Waals surface area contributed by atoms with Gasteiger partial charge in [0.05, 0.1) is 0 Å². The Labute approximate surface area is 128 Å². The molecule has 0 saturated carbocycles. The molecule has 2 rings (SSSR count). The molecule has 2 atom stereocenters. The van der Waals surface area contributed by atoms with E-state index in [0.717, 1.165) is 5.56 Å². The monoisotopic (exact) mass is 298 g/mol. The number of carboxylic acid groups (broad SMARTS) is 1. The molecule has 4 N–H and O–H groups in total. The minimum Gasteiger partial charge on any atom is -0.480 e. The van der Waals surface area contributed by atoms with Crippen LogP contribution in [0.1, 0.15) is 28.8 Å². The third-order valence-electron chi connectivity index (χ3n) is 3.55. The third kappa shape index (κ3) is 3.63. The first-order valence-electron chi connectivity index (χ1n) is 6.93. The van der Waals surface area contributed by atoms with E-state index in [-0.39, 0.29) is 5.92 Å². The lowest BCUT2D eigenvalue weighted by Gasteiger charge is -2.22. The van der Waals surface area contributed by atoms with Gasteiger partial charge in [0.2, 0.25) is 0 Å². The van der Waals surface area contributed by atoms with E-state index < -0.39 is 17.9 Å². The highest BCUT2D eigenvalue weighted by molar-refractivity contribution is 5.97. The zero-order chi connectivity index (χ0) is 16.1. The number of amides is 1. The van der Waals surface area contributed by atoms with E-state index in [2.05, 4.69) is 5.32 Å². The maximum atomic E-state index is 12.2. The largest absolute Gasteiger partial charge is 0.480 e. The summed E-state index contributed by atoms with van der Waals surface area (Å²) in [5.74, 6) is -1.85. The Morgan fingerprint density at radius 3 is 2.18 bits per heavy atom. The molecule has 2 aromatic rings. The molecule has 0 radical (unpaired) electrons. The molecule has 2 aromatic carbocycles. The standard InChI is InChI=1S/C17H18N2O3/c1-11(12-5-3-2-4-6-12)15(17(21)22)19-16(20)13-7-9-14(18)10-8-13/h2-11,15H,18H2,1H3,(H,19,20)(H,21,22)/t11?,15-/m0/s1. The molecule has 0 aliphatic carbocycles. The van der Waals surface area contributed by atoms with Crippen molar-refractivity contribution < 1.29 is 14.7 Å². The van der Waals surface area contributed by atoms with Crippen molar-refractivity contribution >= 4 is 17.6 Å². The highest BCUT2D eigenvalue weighted by atomic mass is 16.4. The molecule has 1 amide bonds. The lowest BCUT2D eigenvalue weighted by atomic mass is 9.93. The second-order valence-electron chi connectivity index (χ2n) is 5.11. The van der Waals surface area contributed by atoms with Crippen molar-refractivity contribution in [3.05, 3.63) is 65.7 Å². The molecule has 1 unspecified atom stereocenters. The smallest absolute Gasteiger partial charge is 0.326 e. The van der Waals surface area contributed by atoms with Crippen LogP contribution < -0.4 is 11.1 Å². The number of carbonyl (C=O) groups is 2. The van der Waals surface area contributed by atoms with Gasteiger partial charge in [-0.05, 0) is 29.8 Å². The summed E-state index contributed by atoms with van der Waals surface area (Å²) in [6, 6.07) is 14.6. The van der Waals surface area contributed by atoms with Gasteiger partial charge in [-0.2, -0.15) is 0 Å². The van der Waals surface area contributed by atoms with Gasteiger partial charge in [0.15, 0.2) is 0 Å². The molecule has 5 heteroatoms. The van der Waals surface area contributed by atoms with E-state index in [9.17, 15) is 14.7 Å². The molecule has 0 spiro atoms. The zero-order valence-corrected chi connectivity index (χ0v) is 12.2. The summed E-state index contributed by atoms with van der Waals surface area (Å²) in [7, 11) is 0. The number of hydrogen-bond acceptors (Lipinski definition) is 3. The van der Waals surface area contributed by atoms with Crippen LogP contribution in [-0.4, -0.2) is 23.0 Å². The van der Waals surface area contributed by atoms with Crippen molar-refractivity contribution in [2.75, 3.05) is 5.73 Å². The highest BCUT2D eigenvalue weighted by Crippen LogP contribution is 2.19. The van der Waals surface area contributed by atoms with Gasteiger partial charge in [-0.1, -0.05) is 37.3 Å². The average Bonchev–Trinajstić information content (AvgIpc) is 2.53. The number of nitrogen functional groups attached to an aromatic ring is 1. The molecule has 0 aromatic heterocycles. The normalized spacial score (nSPS) is 13.1. The van der Waals surface area contributed by atoms with Crippen LogP contribution >= 0.6 is 0 Å².